The van der Waals surface area contributed by atoms with Crippen molar-refractivity contribution in [3.63, 3.8) is 0 Å². The van der Waals surface area contributed by atoms with Crippen LogP contribution >= 0.6 is 11.8 Å². The molecular weight excluding hydrogens is 324 g/mol. The van der Waals surface area contributed by atoms with Crippen LogP contribution in [-0.4, -0.2) is 34.5 Å². The maximum Gasteiger partial charge on any atom is 0.319 e. The van der Waals surface area contributed by atoms with E-state index in [1.807, 2.05) is 48.5 Å². The van der Waals surface area contributed by atoms with Gasteiger partial charge >= 0.3 is 5.97 Å². The molecule has 4 rings (SSSR count). The minimum Gasteiger partial charge on any atom is -0.497 e. The summed E-state index contributed by atoms with van der Waals surface area (Å²) in [6.07, 6.45) is 0.718. The third kappa shape index (κ3) is 2.63. The molecule has 2 aromatic carbocycles. The molecule has 1 aliphatic heterocycles. The van der Waals surface area contributed by atoms with Crippen molar-refractivity contribution in [3.8, 4) is 11.4 Å². The van der Waals surface area contributed by atoms with Crippen LogP contribution in [0.1, 0.15) is 6.42 Å². The molecule has 0 N–H and O–H groups in total. The summed E-state index contributed by atoms with van der Waals surface area (Å²) in [5.41, 5.74) is 2.90. The SMILES string of the molecule is COc1ccc(-n2c(S[C@@H]3CCOC3=O)nc3ccccc32)cc1. The molecule has 0 aliphatic carbocycles. The summed E-state index contributed by atoms with van der Waals surface area (Å²) in [6.45, 7) is 0.485. The molecule has 0 bridgehead atoms. The Morgan fingerprint density at radius 2 is 2.00 bits per heavy atom. The van der Waals surface area contributed by atoms with Gasteiger partial charge in [0.1, 0.15) is 11.0 Å². The lowest BCUT2D eigenvalue weighted by molar-refractivity contribution is -0.137. The number of carbonyl (C=O) groups excluding carboxylic acids is 1. The Bertz CT molecular complexity index is 889. The van der Waals surface area contributed by atoms with Crippen molar-refractivity contribution in [1.82, 2.24) is 9.55 Å². The molecule has 0 saturated carbocycles. The lowest BCUT2D eigenvalue weighted by Crippen LogP contribution is -2.11. The fourth-order valence-electron chi connectivity index (χ4n) is 2.78. The number of benzene rings is 2. The molecule has 1 atom stereocenters. The van der Waals surface area contributed by atoms with Gasteiger partial charge in [-0.2, -0.15) is 0 Å². The molecule has 1 aliphatic rings. The summed E-state index contributed by atoms with van der Waals surface area (Å²) in [5, 5.41) is 0.601. The molecule has 24 heavy (non-hydrogen) atoms. The van der Waals surface area contributed by atoms with Crippen LogP contribution in [0.3, 0.4) is 0 Å². The van der Waals surface area contributed by atoms with Crippen LogP contribution in [0.4, 0.5) is 0 Å². The van der Waals surface area contributed by atoms with Crippen molar-refractivity contribution < 1.29 is 14.3 Å². The zero-order valence-electron chi connectivity index (χ0n) is 13.1. The zero-order valence-corrected chi connectivity index (χ0v) is 14.0. The lowest BCUT2D eigenvalue weighted by Gasteiger charge is -2.11. The first-order valence-electron chi connectivity index (χ1n) is 7.71. The first kappa shape index (κ1) is 15.1. The molecule has 2 heterocycles. The maximum atomic E-state index is 11.8. The highest BCUT2D eigenvalue weighted by Crippen LogP contribution is 2.34. The first-order chi connectivity index (χ1) is 11.8. The third-order valence-electron chi connectivity index (χ3n) is 4.00. The van der Waals surface area contributed by atoms with Crippen molar-refractivity contribution in [2.24, 2.45) is 0 Å². The van der Waals surface area contributed by atoms with Gasteiger partial charge < -0.3 is 9.47 Å². The van der Waals surface area contributed by atoms with Gasteiger partial charge in [-0.1, -0.05) is 23.9 Å². The van der Waals surface area contributed by atoms with E-state index in [0.717, 1.165) is 34.0 Å². The molecule has 0 radical (unpaired) electrons. The normalized spacial score (nSPS) is 17.2. The summed E-state index contributed by atoms with van der Waals surface area (Å²) >= 11 is 1.46. The molecular formula is C18H16N2O3S. The number of methoxy groups -OCH3 is 1. The number of imidazole rings is 1. The number of hydrogen-bond donors (Lipinski definition) is 0. The molecule has 122 valence electrons. The Labute approximate surface area is 143 Å². The van der Waals surface area contributed by atoms with E-state index in [4.69, 9.17) is 14.5 Å². The molecule has 3 aromatic rings. The van der Waals surface area contributed by atoms with E-state index in [-0.39, 0.29) is 11.2 Å². The average Bonchev–Trinajstić information content (AvgIpc) is 3.18. The van der Waals surface area contributed by atoms with Crippen LogP contribution in [0.5, 0.6) is 5.75 Å². The van der Waals surface area contributed by atoms with Gasteiger partial charge in [0, 0.05) is 12.1 Å². The average molecular weight is 340 g/mol. The second kappa shape index (κ2) is 6.20. The molecule has 5 nitrogen and oxygen atoms in total. The number of fused-ring (bicyclic) bond motifs is 1. The predicted octanol–water partition coefficient (Wildman–Crippen LogP) is 3.44. The summed E-state index contributed by atoms with van der Waals surface area (Å²) in [6, 6.07) is 15.8. The second-order valence-electron chi connectivity index (χ2n) is 5.48. The summed E-state index contributed by atoms with van der Waals surface area (Å²) in [7, 11) is 1.65. The van der Waals surface area contributed by atoms with Gasteiger partial charge in [0.25, 0.3) is 0 Å². The monoisotopic (exact) mass is 340 g/mol. The van der Waals surface area contributed by atoms with Crippen LogP contribution < -0.4 is 4.74 Å². The van der Waals surface area contributed by atoms with E-state index < -0.39 is 0 Å². The highest BCUT2D eigenvalue weighted by Gasteiger charge is 2.29. The first-order valence-corrected chi connectivity index (χ1v) is 8.59. The number of para-hydroxylation sites is 2. The number of hydrogen-bond acceptors (Lipinski definition) is 5. The van der Waals surface area contributed by atoms with Crippen molar-refractivity contribution in [3.05, 3.63) is 48.5 Å². The van der Waals surface area contributed by atoms with Crippen molar-refractivity contribution in [2.75, 3.05) is 13.7 Å². The Morgan fingerprint density at radius 3 is 2.71 bits per heavy atom. The smallest absolute Gasteiger partial charge is 0.319 e. The molecule has 6 heteroatoms. The van der Waals surface area contributed by atoms with E-state index in [0.29, 0.717) is 6.61 Å². The van der Waals surface area contributed by atoms with Crippen LogP contribution in [0.25, 0.3) is 16.7 Å². The van der Waals surface area contributed by atoms with Crippen LogP contribution in [-0.2, 0) is 9.53 Å². The molecule has 0 amide bonds. The predicted molar refractivity (Wildman–Crippen MR) is 92.8 cm³/mol. The molecule has 1 saturated heterocycles. The number of carbonyl (C=O) groups is 1. The fourth-order valence-corrected chi connectivity index (χ4v) is 3.87. The van der Waals surface area contributed by atoms with E-state index in [2.05, 4.69) is 4.57 Å². The number of rotatable bonds is 4. The van der Waals surface area contributed by atoms with Crippen molar-refractivity contribution >= 4 is 28.8 Å². The van der Waals surface area contributed by atoms with Crippen LogP contribution in [0.2, 0.25) is 0 Å². The van der Waals surface area contributed by atoms with E-state index in [1.54, 1.807) is 7.11 Å². The zero-order chi connectivity index (χ0) is 16.5. The van der Waals surface area contributed by atoms with E-state index in [9.17, 15) is 4.79 Å². The minimum atomic E-state index is -0.196. The van der Waals surface area contributed by atoms with Gasteiger partial charge in [0.15, 0.2) is 5.16 Å². The molecule has 1 fully saturated rings. The van der Waals surface area contributed by atoms with Gasteiger partial charge in [0.2, 0.25) is 0 Å². The maximum absolute atomic E-state index is 11.8. The van der Waals surface area contributed by atoms with Crippen molar-refractivity contribution in [1.29, 1.82) is 0 Å². The quantitative estimate of drug-likeness (QED) is 0.681. The highest BCUT2D eigenvalue weighted by atomic mass is 32.2. The van der Waals surface area contributed by atoms with E-state index >= 15 is 0 Å². The minimum absolute atomic E-state index is 0.159. The largest absolute Gasteiger partial charge is 0.497 e. The number of cyclic esters (lactones) is 1. The fraction of sp³-hybridized carbons (Fsp3) is 0.222. The van der Waals surface area contributed by atoms with Crippen LogP contribution in [0, 0.1) is 0 Å². The Kier molecular flexibility index (Phi) is 3.90. The Morgan fingerprint density at radius 1 is 1.21 bits per heavy atom. The van der Waals surface area contributed by atoms with Crippen LogP contribution in [0.15, 0.2) is 53.7 Å². The van der Waals surface area contributed by atoms with Gasteiger partial charge in [-0.3, -0.25) is 9.36 Å². The number of nitrogens with zero attached hydrogens (tertiary/aromatic N) is 2. The topological polar surface area (TPSA) is 53.4 Å². The Balaban J connectivity index is 1.81. The lowest BCUT2D eigenvalue weighted by atomic mass is 10.2. The highest BCUT2D eigenvalue weighted by molar-refractivity contribution is 8.00. The van der Waals surface area contributed by atoms with E-state index in [1.165, 1.54) is 11.8 Å². The van der Waals surface area contributed by atoms with Gasteiger partial charge in [-0.05, 0) is 36.4 Å². The van der Waals surface area contributed by atoms with Gasteiger partial charge in [0.05, 0.1) is 24.8 Å². The van der Waals surface area contributed by atoms with Crippen molar-refractivity contribution in [2.45, 2.75) is 16.8 Å². The number of ether oxygens (including phenoxy) is 2. The summed E-state index contributed by atoms with van der Waals surface area (Å²) < 4.78 is 12.4. The molecule has 0 unspecified atom stereocenters. The number of esters is 1. The molecule has 1 aromatic heterocycles. The third-order valence-corrected chi connectivity index (χ3v) is 5.19. The van der Waals surface area contributed by atoms with Gasteiger partial charge in [-0.15, -0.1) is 0 Å². The molecule has 0 spiro atoms. The second-order valence-corrected chi connectivity index (χ2v) is 6.65. The summed E-state index contributed by atoms with van der Waals surface area (Å²) in [5.74, 6) is 0.644. The number of aromatic nitrogens is 2. The van der Waals surface area contributed by atoms with Gasteiger partial charge in [-0.25, -0.2) is 4.98 Å². The standard InChI is InChI=1S/C18H16N2O3S/c1-22-13-8-6-12(7-9-13)20-15-5-3-2-4-14(15)19-18(20)24-16-10-11-23-17(16)21/h2-9,16H,10-11H2,1H3/t16-/m1/s1. The Hall–Kier alpha value is -2.47. The summed E-state index contributed by atoms with van der Waals surface area (Å²) in [4.78, 5) is 16.5. The number of thioether (sulfide) groups is 1.